The number of aromatic nitrogens is 8. The van der Waals surface area contributed by atoms with Crippen LogP contribution in [-0.4, -0.2) is 58.7 Å². The average Bonchev–Trinajstić information content (AvgIpc) is 3.69. The summed E-state index contributed by atoms with van der Waals surface area (Å²) in [4.78, 5) is 26.2. The predicted octanol–water partition coefficient (Wildman–Crippen LogP) is 3.01. The number of rotatable bonds is 9. The van der Waals surface area contributed by atoms with Crippen molar-refractivity contribution in [3.8, 4) is 17.1 Å². The van der Waals surface area contributed by atoms with Gasteiger partial charge in [0, 0.05) is 34.3 Å². The number of benzene rings is 3. The Bertz CT molecular complexity index is 1620. The number of carbonyl (C=O) groups is 2. The number of nitrogens with one attached hydrogen (secondary N) is 3. The van der Waals surface area contributed by atoms with Crippen LogP contribution in [-0.2, 0) is 16.0 Å². The summed E-state index contributed by atoms with van der Waals surface area (Å²) in [7, 11) is 0. The van der Waals surface area contributed by atoms with Crippen LogP contribution in [0, 0.1) is 5.82 Å². The van der Waals surface area contributed by atoms with E-state index in [4.69, 9.17) is 11.6 Å². The molecule has 2 aromatic heterocycles. The number of amides is 2. The first-order chi connectivity index (χ1) is 19.4. The van der Waals surface area contributed by atoms with Gasteiger partial charge in [-0.3, -0.25) is 9.59 Å². The fourth-order valence-electron chi connectivity index (χ4n) is 3.81. The van der Waals surface area contributed by atoms with E-state index >= 15 is 0 Å². The molecule has 0 saturated carbocycles. The number of carbonyl (C=O) groups excluding carboxylic acids is 2. The van der Waals surface area contributed by atoms with E-state index in [1.807, 2.05) is 0 Å². The largest absolute Gasteiger partial charge is 0.340 e. The number of tetrazole rings is 2. The fourth-order valence-corrected chi connectivity index (χ4v) is 3.99. The highest BCUT2D eigenvalue weighted by Gasteiger charge is 2.21. The van der Waals surface area contributed by atoms with Gasteiger partial charge in [-0.1, -0.05) is 23.7 Å². The van der Waals surface area contributed by atoms with Crippen LogP contribution in [0.1, 0.15) is 11.1 Å². The molecule has 3 N–H and O–H groups in total. The number of H-pyrrole nitrogens is 1. The molecule has 0 unspecified atom stereocenters. The Hall–Kier alpha value is -5.30. The Morgan fingerprint density at radius 1 is 1.05 bits per heavy atom. The molecular weight excluding hydrogens is 539 g/mol. The lowest BCUT2D eigenvalue weighted by atomic mass is 10.0. The Kier molecular flexibility index (Phi) is 7.92. The molecule has 2 heterocycles. The van der Waals surface area contributed by atoms with Gasteiger partial charge in [0.05, 0.1) is 5.69 Å². The minimum Gasteiger partial charge on any atom is -0.340 e. The molecule has 5 aromatic rings. The third kappa shape index (κ3) is 6.57. The van der Waals surface area contributed by atoms with Crippen molar-refractivity contribution in [3.63, 3.8) is 0 Å². The minimum atomic E-state index is -0.973. The molecule has 200 valence electrons. The molecule has 5 rings (SSSR count). The molecule has 0 radical (unpaired) electrons. The molecule has 3 aromatic carbocycles. The monoisotopic (exact) mass is 558 g/mol. The smallest absolute Gasteiger partial charge is 0.247 e. The third-order valence-electron chi connectivity index (χ3n) is 5.76. The molecule has 40 heavy (non-hydrogen) atoms. The van der Waals surface area contributed by atoms with Crippen molar-refractivity contribution in [2.45, 2.75) is 12.5 Å². The Balaban J connectivity index is 1.33. The van der Waals surface area contributed by atoms with Gasteiger partial charge < -0.3 is 10.6 Å². The third-order valence-corrected chi connectivity index (χ3v) is 5.99. The topological polar surface area (TPSA) is 156 Å². The molecule has 1 atom stereocenters. The van der Waals surface area contributed by atoms with Crippen LogP contribution >= 0.6 is 11.6 Å². The summed E-state index contributed by atoms with van der Waals surface area (Å²) in [5.41, 5.74) is 3.07. The lowest BCUT2D eigenvalue weighted by Gasteiger charge is -2.18. The summed E-state index contributed by atoms with van der Waals surface area (Å²) in [6.45, 7) is 0. The first-order valence-corrected chi connectivity index (χ1v) is 12.2. The van der Waals surface area contributed by atoms with Gasteiger partial charge in [-0.25, -0.2) is 9.49 Å². The summed E-state index contributed by atoms with van der Waals surface area (Å²) in [5, 5.41) is 30.7. The average molecular weight is 559 g/mol. The van der Waals surface area contributed by atoms with Crippen molar-refractivity contribution in [2.75, 3.05) is 5.32 Å². The zero-order valence-electron chi connectivity index (χ0n) is 20.6. The number of hydrogen-bond donors (Lipinski definition) is 3. The van der Waals surface area contributed by atoms with Crippen LogP contribution < -0.4 is 10.6 Å². The standard InChI is InChI=1S/C26H20ClFN10O2/c27-19-6-11-23(38-15-29-34-37-38)18(14-19)5-12-24(39)31-22(13-16-1-7-20(28)8-2-16)26(40)30-21-9-3-17(4-10-21)25-32-35-36-33-25/h1-12,14-15,22H,13H2,(H,30,40)(H,31,39)(H,32,33,35,36)/b12-5+/t22-/m0/s1. The molecule has 0 fully saturated rings. The lowest BCUT2D eigenvalue weighted by Crippen LogP contribution is -2.44. The maximum atomic E-state index is 13.4. The molecule has 0 aliphatic carbocycles. The summed E-state index contributed by atoms with van der Waals surface area (Å²) in [6.07, 6.45) is 4.37. The lowest BCUT2D eigenvalue weighted by molar-refractivity contribution is -0.123. The minimum absolute atomic E-state index is 0.126. The summed E-state index contributed by atoms with van der Waals surface area (Å²) >= 11 is 6.15. The van der Waals surface area contributed by atoms with E-state index in [1.54, 1.807) is 60.7 Å². The molecule has 12 nitrogen and oxygen atoms in total. The van der Waals surface area contributed by atoms with Crippen molar-refractivity contribution in [1.29, 1.82) is 0 Å². The van der Waals surface area contributed by atoms with E-state index in [-0.39, 0.29) is 6.42 Å². The molecule has 0 aliphatic rings. The number of hydrogen-bond acceptors (Lipinski definition) is 8. The number of aromatic amines is 1. The van der Waals surface area contributed by atoms with Crippen LogP contribution in [0.15, 0.2) is 79.1 Å². The molecule has 0 aliphatic heterocycles. The van der Waals surface area contributed by atoms with Crippen LogP contribution in [0.2, 0.25) is 5.02 Å². The van der Waals surface area contributed by atoms with E-state index in [0.717, 1.165) is 5.56 Å². The molecule has 14 heteroatoms. The van der Waals surface area contributed by atoms with Crippen molar-refractivity contribution < 1.29 is 14.0 Å². The van der Waals surface area contributed by atoms with Crippen molar-refractivity contribution in [1.82, 2.24) is 46.1 Å². The second kappa shape index (κ2) is 12.0. The van der Waals surface area contributed by atoms with Gasteiger partial charge >= 0.3 is 0 Å². The van der Waals surface area contributed by atoms with E-state index in [9.17, 15) is 14.0 Å². The van der Waals surface area contributed by atoms with Gasteiger partial charge in [-0.15, -0.1) is 10.2 Å². The maximum absolute atomic E-state index is 13.4. The van der Waals surface area contributed by atoms with Gasteiger partial charge in [0.15, 0.2) is 5.82 Å². The zero-order valence-corrected chi connectivity index (χ0v) is 21.3. The molecule has 0 bridgehead atoms. The fraction of sp³-hybridized carbons (Fsp3) is 0.0769. The van der Waals surface area contributed by atoms with Crippen LogP contribution in [0.4, 0.5) is 10.1 Å². The first-order valence-electron chi connectivity index (χ1n) is 11.9. The summed E-state index contributed by atoms with van der Waals surface area (Å²) in [5.74, 6) is -0.914. The van der Waals surface area contributed by atoms with Crippen LogP contribution in [0.3, 0.4) is 0 Å². The van der Waals surface area contributed by atoms with Crippen molar-refractivity contribution in [2.24, 2.45) is 0 Å². The van der Waals surface area contributed by atoms with E-state index in [0.29, 0.717) is 33.3 Å². The van der Waals surface area contributed by atoms with E-state index < -0.39 is 23.7 Å². The highest BCUT2D eigenvalue weighted by atomic mass is 35.5. The molecule has 0 saturated heterocycles. The van der Waals surface area contributed by atoms with Gasteiger partial charge in [-0.2, -0.15) is 4.68 Å². The summed E-state index contributed by atoms with van der Waals surface area (Å²) < 4.78 is 14.9. The van der Waals surface area contributed by atoms with Gasteiger partial charge in [0.1, 0.15) is 18.2 Å². The maximum Gasteiger partial charge on any atom is 0.247 e. The highest BCUT2D eigenvalue weighted by Crippen LogP contribution is 2.21. The van der Waals surface area contributed by atoms with Crippen LogP contribution in [0.25, 0.3) is 23.2 Å². The van der Waals surface area contributed by atoms with Gasteiger partial charge in [-0.05, 0) is 87.1 Å². The van der Waals surface area contributed by atoms with Crippen molar-refractivity contribution >= 4 is 35.2 Å². The highest BCUT2D eigenvalue weighted by molar-refractivity contribution is 6.30. The quantitative estimate of drug-likeness (QED) is 0.233. The van der Waals surface area contributed by atoms with Crippen LogP contribution in [0.5, 0.6) is 0 Å². The Labute approximate surface area is 231 Å². The second-order valence-corrected chi connectivity index (χ2v) is 8.94. The number of anilines is 1. The summed E-state index contributed by atoms with van der Waals surface area (Å²) in [6, 6.07) is 16.6. The second-order valence-electron chi connectivity index (χ2n) is 8.50. The van der Waals surface area contributed by atoms with E-state index in [2.05, 4.69) is 46.8 Å². The Morgan fingerprint density at radius 3 is 2.55 bits per heavy atom. The number of halogens is 2. The SMILES string of the molecule is O=C(/C=C/c1cc(Cl)ccc1-n1cnnn1)N[C@@H](Cc1ccc(F)cc1)C(=O)Nc1ccc(-c2nnn[nH]2)cc1. The zero-order chi connectivity index (χ0) is 27.9. The predicted molar refractivity (Wildman–Crippen MR) is 143 cm³/mol. The number of nitrogens with zero attached hydrogens (tertiary/aromatic N) is 7. The molecular formula is C26H20ClFN10O2. The van der Waals surface area contributed by atoms with Crippen molar-refractivity contribution in [3.05, 3.63) is 101 Å². The van der Waals surface area contributed by atoms with E-state index in [1.165, 1.54) is 29.2 Å². The van der Waals surface area contributed by atoms with Gasteiger partial charge in [0.2, 0.25) is 11.8 Å². The van der Waals surface area contributed by atoms with Gasteiger partial charge in [0.25, 0.3) is 0 Å². The molecule has 0 spiro atoms. The Morgan fingerprint density at radius 2 is 1.85 bits per heavy atom. The molecule has 2 amide bonds. The normalized spacial score (nSPS) is 11.8. The first kappa shape index (κ1) is 26.3.